The molecule has 0 radical (unpaired) electrons. The van der Waals surface area contributed by atoms with E-state index in [1.807, 2.05) is 29.2 Å². The van der Waals surface area contributed by atoms with E-state index in [2.05, 4.69) is 36.3 Å². The van der Waals surface area contributed by atoms with Gasteiger partial charge >= 0.3 is 0 Å². The molecule has 0 saturated carbocycles. The Kier molecular flexibility index (Phi) is 7.07. The van der Waals surface area contributed by atoms with Crippen LogP contribution < -0.4 is 10.2 Å². The quantitative estimate of drug-likeness (QED) is 0.664. The standard InChI is InChI=1S/C27H37N5O3S/c1-19-6-4-5-7-23(19)32-18-21-8-9-24(28-22-12-16-31(17-13-22)36(3,34)35)29-26(21)25(27(32)33)20-10-14-30(2)15-11-20/h4-9,20,22,25H,10-18H2,1-3H3,(H,28,29). The van der Waals surface area contributed by atoms with E-state index < -0.39 is 10.0 Å². The Hall–Kier alpha value is -2.49. The van der Waals surface area contributed by atoms with Crippen molar-refractivity contribution in [3.8, 4) is 0 Å². The van der Waals surface area contributed by atoms with Crippen LogP contribution in [0.4, 0.5) is 11.5 Å². The number of piperidine rings is 2. The van der Waals surface area contributed by atoms with E-state index in [0.29, 0.717) is 19.6 Å². The van der Waals surface area contributed by atoms with E-state index >= 15 is 0 Å². The first-order valence-electron chi connectivity index (χ1n) is 13.0. The largest absolute Gasteiger partial charge is 0.367 e. The average Bonchev–Trinajstić information content (AvgIpc) is 2.85. The molecule has 0 aliphatic carbocycles. The number of likely N-dealkylation sites (tertiary alicyclic amines) is 1. The summed E-state index contributed by atoms with van der Waals surface area (Å²) in [5, 5.41) is 3.53. The van der Waals surface area contributed by atoms with Gasteiger partial charge in [-0.25, -0.2) is 17.7 Å². The molecule has 1 aromatic carbocycles. The molecule has 194 valence electrons. The molecule has 1 atom stereocenters. The Labute approximate surface area is 214 Å². The minimum absolute atomic E-state index is 0.150. The lowest BCUT2D eigenvalue weighted by Crippen LogP contribution is -2.45. The Morgan fingerprint density at radius 1 is 0.972 bits per heavy atom. The van der Waals surface area contributed by atoms with E-state index in [1.54, 1.807) is 4.31 Å². The number of hydrogen-bond acceptors (Lipinski definition) is 6. The monoisotopic (exact) mass is 511 g/mol. The number of sulfonamides is 1. The van der Waals surface area contributed by atoms with Crippen LogP contribution in [0.2, 0.25) is 0 Å². The fraction of sp³-hybridized carbons (Fsp3) is 0.556. The Morgan fingerprint density at radius 2 is 1.67 bits per heavy atom. The molecule has 1 amide bonds. The van der Waals surface area contributed by atoms with Crippen LogP contribution >= 0.6 is 0 Å². The average molecular weight is 512 g/mol. The van der Waals surface area contributed by atoms with Crippen LogP contribution in [0.1, 0.15) is 48.4 Å². The van der Waals surface area contributed by atoms with Crippen molar-refractivity contribution in [2.45, 2.75) is 51.1 Å². The van der Waals surface area contributed by atoms with Crippen molar-refractivity contribution in [2.24, 2.45) is 5.92 Å². The number of carbonyl (C=O) groups excluding carboxylic acids is 1. The molecule has 1 unspecified atom stereocenters. The van der Waals surface area contributed by atoms with Crippen LogP contribution in [-0.2, 0) is 21.4 Å². The fourth-order valence-corrected chi connectivity index (χ4v) is 6.79. The zero-order valence-electron chi connectivity index (χ0n) is 21.5. The molecule has 5 rings (SSSR count). The maximum absolute atomic E-state index is 14.0. The predicted octanol–water partition coefficient (Wildman–Crippen LogP) is 3.20. The van der Waals surface area contributed by atoms with Crippen molar-refractivity contribution in [1.29, 1.82) is 0 Å². The number of aromatic nitrogens is 1. The van der Waals surface area contributed by atoms with Gasteiger partial charge in [0.2, 0.25) is 15.9 Å². The summed E-state index contributed by atoms with van der Waals surface area (Å²) in [4.78, 5) is 23.4. The number of anilines is 2. The van der Waals surface area contributed by atoms with Crippen LogP contribution in [0.3, 0.4) is 0 Å². The van der Waals surface area contributed by atoms with E-state index in [1.165, 1.54) is 6.26 Å². The van der Waals surface area contributed by atoms with Gasteiger partial charge in [-0.2, -0.15) is 0 Å². The van der Waals surface area contributed by atoms with Crippen molar-refractivity contribution in [1.82, 2.24) is 14.2 Å². The van der Waals surface area contributed by atoms with Gasteiger partial charge in [-0.1, -0.05) is 24.3 Å². The van der Waals surface area contributed by atoms with Gasteiger partial charge < -0.3 is 15.1 Å². The van der Waals surface area contributed by atoms with Crippen LogP contribution in [0.15, 0.2) is 36.4 Å². The molecule has 2 fully saturated rings. The Balaban J connectivity index is 1.42. The summed E-state index contributed by atoms with van der Waals surface area (Å²) in [5.74, 6) is 0.940. The molecule has 0 spiro atoms. The number of nitrogens with one attached hydrogen (secondary N) is 1. The highest BCUT2D eigenvalue weighted by Gasteiger charge is 2.41. The summed E-state index contributed by atoms with van der Waals surface area (Å²) in [6.07, 6.45) is 4.72. The van der Waals surface area contributed by atoms with Crippen molar-refractivity contribution >= 4 is 27.4 Å². The molecule has 0 bridgehead atoms. The number of aryl methyl sites for hydroxylation is 1. The molecule has 2 saturated heterocycles. The molecule has 2 aromatic rings. The number of rotatable bonds is 5. The van der Waals surface area contributed by atoms with Gasteiger partial charge in [0.05, 0.1) is 24.4 Å². The molecule has 1 aromatic heterocycles. The van der Waals surface area contributed by atoms with Crippen molar-refractivity contribution in [3.05, 3.63) is 53.2 Å². The topological polar surface area (TPSA) is 85.8 Å². The van der Waals surface area contributed by atoms with Crippen LogP contribution in [0, 0.1) is 12.8 Å². The Morgan fingerprint density at radius 3 is 2.33 bits per heavy atom. The lowest BCUT2D eigenvalue weighted by Gasteiger charge is -2.40. The zero-order chi connectivity index (χ0) is 25.4. The molecule has 4 heterocycles. The van der Waals surface area contributed by atoms with Crippen molar-refractivity contribution in [2.75, 3.05) is 49.7 Å². The van der Waals surface area contributed by atoms with E-state index in [0.717, 1.165) is 67.1 Å². The first-order valence-corrected chi connectivity index (χ1v) is 14.8. The predicted molar refractivity (Wildman–Crippen MR) is 143 cm³/mol. The van der Waals surface area contributed by atoms with Crippen LogP contribution in [0.25, 0.3) is 0 Å². The van der Waals surface area contributed by atoms with Crippen molar-refractivity contribution in [3.63, 3.8) is 0 Å². The zero-order valence-corrected chi connectivity index (χ0v) is 22.3. The summed E-state index contributed by atoms with van der Waals surface area (Å²) in [5.41, 5.74) is 4.10. The molecule has 1 N–H and O–H groups in total. The van der Waals surface area contributed by atoms with Gasteiger partial charge in [0.15, 0.2) is 0 Å². The van der Waals surface area contributed by atoms with E-state index in [4.69, 9.17) is 4.98 Å². The van der Waals surface area contributed by atoms with Crippen LogP contribution in [0.5, 0.6) is 0 Å². The summed E-state index contributed by atoms with van der Waals surface area (Å²) in [6, 6.07) is 12.4. The number of para-hydroxylation sites is 1. The fourth-order valence-electron chi connectivity index (χ4n) is 5.92. The third kappa shape index (κ3) is 5.14. The van der Waals surface area contributed by atoms with Gasteiger partial charge in [-0.05, 0) is 81.9 Å². The summed E-state index contributed by atoms with van der Waals surface area (Å²) in [7, 11) is -1.01. The third-order valence-electron chi connectivity index (χ3n) is 8.08. The second-order valence-electron chi connectivity index (χ2n) is 10.7. The number of benzene rings is 1. The van der Waals surface area contributed by atoms with Gasteiger partial charge in [0.1, 0.15) is 5.82 Å². The van der Waals surface area contributed by atoms with Crippen molar-refractivity contribution < 1.29 is 13.2 Å². The summed E-state index contributed by atoms with van der Waals surface area (Å²) >= 11 is 0. The smallest absolute Gasteiger partial charge is 0.236 e. The van der Waals surface area contributed by atoms with E-state index in [9.17, 15) is 13.2 Å². The Bertz CT molecular complexity index is 1220. The number of pyridine rings is 1. The molecule has 8 nitrogen and oxygen atoms in total. The second kappa shape index (κ2) is 10.1. The highest BCUT2D eigenvalue weighted by atomic mass is 32.2. The lowest BCUT2D eigenvalue weighted by atomic mass is 9.78. The number of hydrogen-bond donors (Lipinski definition) is 1. The highest BCUT2D eigenvalue weighted by Crippen LogP contribution is 2.41. The minimum atomic E-state index is -3.15. The second-order valence-corrected chi connectivity index (χ2v) is 12.6. The highest BCUT2D eigenvalue weighted by molar-refractivity contribution is 7.88. The molecule has 3 aliphatic rings. The third-order valence-corrected chi connectivity index (χ3v) is 9.39. The number of nitrogens with zero attached hydrogens (tertiary/aromatic N) is 4. The minimum Gasteiger partial charge on any atom is -0.367 e. The van der Waals surface area contributed by atoms with Gasteiger partial charge in [0, 0.05) is 24.8 Å². The van der Waals surface area contributed by atoms with Gasteiger partial charge in [0.25, 0.3) is 0 Å². The van der Waals surface area contributed by atoms with Gasteiger partial charge in [-0.3, -0.25) is 4.79 Å². The summed E-state index contributed by atoms with van der Waals surface area (Å²) in [6.45, 7) is 5.61. The van der Waals surface area contributed by atoms with Crippen LogP contribution in [-0.4, -0.2) is 74.0 Å². The maximum atomic E-state index is 14.0. The first kappa shape index (κ1) is 25.2. The SMILES string of the molecule is Cc1ccccc1N1Cc2ccc(NC3CCN(S(C)(=O)=O)CC3)nc2C(C2CCN(C)CC2)C1=O. The number of carbonyl (C=O) groups is 1. The molecule has 3 aliphatic heterocycles. The normalized spacial score (nSPS) is 23.0. The number of amides is 1. The number of fused-ring (bicyclic) bond motifs is 1. The van der Waals surface area contributed by atoms with E-state index in [-0.39, 0.29) is 23.8 Å². The molecular formula is C27H37N5O3S. The maximum Gasteiger partial charge on any atom is 0.236 e. The molecule has 9 heteroatoms. The first-order chi connectivity index (χ1) is 17.2. The molecule has 36 heavy (non-hydrogen) atoms. The lowest BCUT2D eigenvalue weighted by molar-refractivity contribution is -0.122. The van der Waals surface area contributed by atoms with Gasteiger partial charge in [-0.15, -0.1) is 0 Å². The molecular weight excluding hydrogens is 474 g/mol. The summed E-state index contributed by atoms with van der Waals surface area (Å²) < 4.78 is 25.2.